The van der Waals surface area contributed by atoms with Crippen LogP contribution >= 0.6 is 11.6 Å². The molecule has 0 aliphatic heterocycles. The van der Waals surface area contributed by atoms with Crippen LogP contribution in [0.3, 0.4) is 0 Å². The molecule has 0 saturated heterocycles. The molecule has 0 heterocycles. The van der Waals surface area contributed by atoms with Crippen molar-refractivity contribution in [3.63, 3.8) is 0 Å². The van der Waals surface area contributed by atoms with Crippen molar-refractivity contribution in [2.24, 2.45) is 0 Å². The van der Waals surface area contributed by atoms with Crippen molar-refractivity contribution in [3.8, 4) is 0 Å². The summed E-state index contributed by atoms with van der Waals surface area (Å²) in [5.41, 5.74) is 0.872. The molecule has 0 fully saturated rings. The van der Waals surface area contributed by atoms with Gasteiger partial charge in [-0.2, -0.15) is 0 Å². The number of amides is 2. The molecule has 2 aromatic rings. The number of rotatable bonds is 8. The Bertz CT molecular complexity index is 917. The predicted octanol–water partition coefficient (Wildman–Crippen LogP) is 1.68. The van der Waals surface area contributed by atoms with E-state index in [0.29, 0.717) is 6.54 Å². The Balaban J connectivity index is 2.13. The third kappa shape index (κ3) is 6.06. The van der Waals surface area contributed by atoms with Crippen LogP contribution in [0.5, 0.6) is 0 Å². The number of sulfonamides is 1. The highest BCUT2D eigenvalue weighted by molar-refractivity contribution is 7.89. The molecule has 0 unspecified atom stereocenters. The monoisotopic (exact) mass is 409 g/mol. The van der Waals surface area contributed by atoms with Crippen molar-refractivity contribution < 1.29 is 18.0 Å². The van der Waals surface area contributed by atoms with Crippen LogP contribution in [0, 0.1) is 0 Å². The first-order valence-electron chi connectivity index (χ1n) is 8.21. The summed E-state index contributed by atoms with van der Waals surface area (Å²) in [6.45, 7) is 2.10. The quantitative estimate of drug-likeness (QED) is 0.617. The Morgan fingerprint density at radius 3 is 2.41 bits per heavy atom. The molecular weight excluding hydrogens is 390 g/mol. The summed E-state index contributed by atoms with van der Waals surface area (Å²) in [7, 11) is -3.93. The van der Waals surface area contributed by atoms with Gasteiger partial charge in [-0.05, 0) is 30.7 Å². The van der Waals surface area contributed by atoms with Gasteiger partial charge in [0.05, 0.1) is 11.6 Å². The number of benzene rings is 2. The molecular formula is C18H20ClN3O4S. The van der Waals surface area contributed by atoms with E-state index in [1.165, 1.54) is 18.2 Å². The molecule has 9 heteroatoms. The van der Waals surface area contributed by atoms with E-state index in [1.807, 2.05) is 6.07 Å². The Labute approximate surface area is 163 Å². The summed E-state index contributed by atoms with van der Waals surface area (Å²) >= 11 is 6.02. The highest BCUT2D eigenvalue weighted by Gasteiger charge is 2.20. The summed E-state index contributed by atoms with van der Waals surface area (Å²) < 4.78 is 27.6. The average molecular weight is 410 g/mol. The maximum Gasteiger partial charge on any atom is 0.251 e. The molecule has 2 amide bonds. The molecule has 3 N–H and O–H groups in total. The summed E-state index contributed by atoms with van der Waals surface area (Å²) in [5.74, 6) is -0.908. The van der Waals surface area contributed by atoms with Gasteiger partial charge in [0.1, 0.15) is 4.90 Å². The number of halogens is 1. The van der Waals surface area contributed by atoms with Crippen LogP contribution in [0.4, 0.5) is 0 Å². The highest BCUT2D eigenvalue weighted by atomic mass is 35.5. The average Bonchev–Trinajstić information content (AvgIpc) is 2.66. The SMILES string of the molecule is CCNC(=O)CNC(=O)c1ccc(Cl)c(S(=O)(=O)NCc2ccccc2)c1. The topological polar surface area (TPSA) is 104 Å². The molecule has 0 atom stereocenters. The molecule has 144 valence electrons. The smallest absolute Gasteiger partial charge is 0.251 e. The van der Waals surface area contributed by atoms with Gasteiger partial charge in [0.25, 0.3) is 5.91 Å². The van der Waals surface area contributed by atoms with Crippen LogP contribution in [0.25, 0.3) is 0 Å². The number of hydrogen-bond donors (Lipinski definition) is 3. The number of carbonyl (C=O) groups excluding carboxylic acids is 2. The molecule has 2 aromatic carbocycles. The lowest BCUT2D eigenvalue weighted by Gasteiger charge is -2.11. The highest BCUT2D eigenvalue weighted by Crippen LogP contribution is 2.23. The van der Waals surface area contributed by atoms with E-state index in [-0.39, 0.29) is 34.5 Å². The van der Waals surface area contributed by atoms with Gasteiger partial charge in [0.15, 0.2) is 0 Å². The van der Waals surface area contributed by atoms with Crippen molar-refractivity contribution in [3.05, 3.63) is 64.7 Å². The maximum absolute atomic E-state index is 12.6. The van der Waals surface area contributed by atoms with E-state index >= 15 is 0 Å². The number of nitrogens with one attached hydrogen (secondary N) is 3. The Hall–Kier alpha value is -2.42. The van der Waals surface area contributed by atoms with Gasteiger partial charge >= 0.3 is 0 Å². The van der Waals surface area contributed by atoms with Crippen molar-refractivity contribution in [2.75, 3.05) is 13.1 Å². The molecule has 7 nitrogen and oxygen atoms in total. The molecule has 0 spiro atoms. The van der Waals surface area contributed by atoms with Crippen LogP contribution < -0.4 is 15.4 Å². The van der Waals surface area contributed by atoms with Crippen LogP contribution in [0.2, 0.25) is 5.02 Å². The minimum Gasteiger partial charge on any atom is -0.355 e. The molecule has 2 rings (SSSR count). The second-order valence-electron chi connectivity index (χ2n) is 5.59. The standard InChI is InChI=1S/C18H20ClN3O4S/c1-2-20-17(23)12-21-18(24)14-8-9-15(19)16(10-14)27(25,26)22-11-13-6-4-3-5-7-13/h3-10,22H,2,11-12H2,1H3,(H,20,23)(H,21,24). The van der Waals surface area contributed by atoms with E-state index in [2.05, 4.69) is 15.4 Å². The lowest BCUT2D eigenvalue weighted by molar-refractivity contribution is -0.120. The lowest BCUT2D eigenvalue weighted by Crippen LogP contribution is -2.36. The summed E-state index contributed by atoms with van der Waals surface area (Å²) in [6, 6.07) is 12.9. The third-order valence-corrected chi connectivity index (χ3v) is 5.46. The van der Waals surface area contributed by atoms with Crippen LogP contribution in [-0.4, -0.2) is 33.3 Å². The molecule has 0 saturated carbocycles. The Morgan fingerprint density at radius 2 is 1.74 bits per heavy atom. The van der Waals surface area contributed by atoms with E-state index < -0.39 is 15.9 Å². The van der Waals surface area contributed by atoms with Gasteiger partial charge in [-0.3, -0.25) is 9.59 Å². The number of likely N-dealkylation sites (N-methyl/N-ethyl adjacent to an activating group) is 1. The molecule has 0 aromatic heterocycles. The largest absolute Gasteiger partial charge is 0.355 e. The molecule has 0 aliphatic carbocycles. The van der Waals surface area contributed by atoms with Gasteiger partial charge in [-0.25, -0.2) is 13.1 Å². The second-order valence-corrected chi connectivity index (χ2v) is 7.73. The van der Waals surface area contributed by atoms with Crippen molar-refractivity contribution in [1.82, 2.24) is 15.4 Å². The normalized spacial score (nSPS) is 11.0. The minimum absolute atomic E-state index is 0.00385. The molecule has 0 radical (unpaired) electrons. The lowest BCUT2D eigenvalue weighted by atomic mass is 10.2. The zero-order valence-electron chi connectivity index (χ0n) is 14.7. The summed E-state index contributed by atoms with van der Waals surface area (Å²) in [6.07, 6.45) is 0. The fraction of sp³-hybridized carbons (Fsp3) is 0.222. The van der Waals surface area contributed by atoms with Gasteiger partial charge in [-0.1, -0.05) is 41.9 Å². The van der Waals surface area contributed by atoms with E-state index in [9.17, 15) is 18.0 Å². The van der Waals surface area contributed by atoms with Crippen molar-refractivity contribution >= 4 is 33.4 Å². The Kier molecular flexibility index (Phi) is 7.35. The van der Waals surface area contributed by atoms with Crippen molar-refractivity contribution in [2.45, 2.75) is 18.4 Å². The minimum atomic E-state index is -3.93. The molecule has 27 heavy (non-hydrogen) atoms. The number of carbonyl (C=O) groups is 2. The second kappa shape index (κ2) is 9.50. The Morgan fingerprint density at radius 1 is 1.04 bits per heavy atom. The van der Waals surface area contributed by atoms with E-state index in [4.69, 9.17) is 11.6 Å². The van der Waals surface area contributed by atoms with Crippen LogP contribution in [0.15, 0.2) is 53.4 Å². The van der Waals surface area contributed by atoms with E-state index in [0.717, 1.165) is 5.56 Å². The predicted molar refractivity (Wildman–Crippen MR) is 103 cm³/mol. The first kappa shape index (κ1) is 20.9. The molecule has 0 bridgehead atoms. The maximum atomic E-state index is 12.6. The molecule has 0 aliphatic rings. The first-order valence-corrected chi connectivity index (χ1v) is 10.1. The van der Waals surface area contributed by atoms with E-state index in [1.54, 1.807) is 31.2 Å². The van der Waals surface area contributed by atoms with Gasteiger partial charge in [-0.15, -0.1) is 0 Å². The zero-order valence-corrected chi connectivity index (χ0v) is 16.2. The summed E-state index contributed by atoms with van der Waals surface area (Å²) in [5, 5.41) is 4.98. The zero-order chi connectivity index (χ0) is 19.9. The van der Waals surface area contributed by atoms with Crippen LogP contribution in [-0.2, 0) is 21.4 Å². The fourth-order valence-corrected chi connectivity index (χ4v) is 3.77. The van der Waals surface area contributed by atoms with Gasteiger partial charge in [0.2, 0.25) is 15.9 Å². The third-order valence-electron chi connectivity index (χ3n) is 3.58. The van der Waals surface area contributed by atoms with Gasteiger partial charge in [0, 0.05) is 18.7 Å². The fourth-order valence-electron chi connectivity index (χ4n) is 2.22. The number of hydrogen-bond acceptors (Lipinski definition) is 4. The summed E-state index contributed by atoms with van der Waals surface area (Å²) in [4.78, 5) is 23.4. The van der Waals surface area contributed by atoms with Crippen LogP contribution in [0.1, 0.15) is 22.8 Å². The van der Waals surface area contributed by atoms with Gasteiger partial charge < -0.3 is 10.6 Å². The van der Waals surface area contributed by atoms with Crippen molar-refractivity contribution in [1.29, 1.82) is 0 Å². The first-order chi connectivity index (χ1) is 12.8.